The van der Waals surface area contributed by atoms with Crippen molar-refractivity contribution in [3.05, 3.63) is 29.8 Å². The lowest BCUT2D eigenvalue weighted by Gasteiger charge is -2.31. The van der Waals surface area contributed by atoms with Crippen LogP contribution < -0.4 is 16.0 Å². The Labute approximate surface area is 115 Å². The average Bonchev–Trinajstić information content (AvgIpc) is 2.34. The zero-order chi connectivity index (χ0) is 13.7. The summed E-state index contributed by atoms with van der Waals surface area (Å²) in [5.41, 5.74) is 7.67. The summed E-state index contributed by atoms with van der Waals surface area (Å²) < 4.78 is 0. The number of aryl methyl sites for hydroxylation is 1. The monoisotopic (exact) mass is 261 g/mol. The zero-order valence-electron chi connectivity index (χ0n) is 11.6. The van der Waals surface area contributed by atoms with Crippen LogP contribution in [0.1, 0.15) is 31.2 Å². The van der Waals surface area contributed by atoms with Crippen LogP contribution in [0.15, 0.2) is 24.3 Å². The Morgan fingerprint density at radius 3 is 2.84 bits per heavy atom. The van der Waals surface area contributed by atoms with Gasteiger partial charge in [0.15, 0.2) is 0 Å². The minimum absolute atomic E-state index is 0.00347. The van der Waals surface area contributed by atoms with Crippen LogP contribution in [0.4, 0.5) is 10.5 Å². The molecule has 104 valence electrons. The maximum atomic E-state index is 12.3. The van der Waals surface area contributed by atoms with Gasteiger partial charge < -0.3 is 11.1 Å². The predicted molar refractivity (Wildman–Crippen MR) is 78.4 cm³/mol. The average molecular weight is 261 g/mol. The van der Waals surface area contributed by atoms with E-state index in [2.05, 4.69) is 5.32 Å². The molecule has 1 saturated carbocycles. The number of hydrogen-bond acceptors (Lipinski definition) is 2. The molecule has 1 aliphatic carbocycles. The van der Waals surface area contributed by atoms with Gasteiger partial charge in [0.2, 0.25) is 0 Å². The van der Waals surface area contributed by atoms with E-state index in [-0.39, 0.29) is 6.03 Å². The molecule has 1 aromatic carbocycles. The Bertz CT molecular complexity index is 429. The second-order valence-electron chi connectivity index (χ2n) is 5.21. The number of rotatable bonds is 5. The summed E-state index contributed by atoms with van der Waals surface area (Å²) in [5, 5.41) is 3.09. The van der Waals surface area contributed by atoms with Gasteiger partial charge in [-0.3, -0.25) is 4.90 Å². The van der Waals surface area contributed by atoms with E-state index in [0.717, 1.165) is 30.5 Å². The van der Waals surface area contributed by atoms with Gasteiger partial charge in [0, 0.05) is 18.3 Å². The highest BCUT2D eigenvalue weighted by Gasteiger charge is 2.23. The molecule has 1 aromatic rings. The first-order chi connectivity index (χ1) is 9.20. The van der Waals surface area contributed by atoms with Gasteiger partial charge >= 0.3 is 6.03 Å². The van der Waals surface area contributed by atoms with Gasteiger partial charge in [0.25, 0.3) is 0 Å². The van der Waals surface area contributed by atoms with Crippen LogP contribution in [0.3, 0.4) is 0 Å². The fourth-order valence-corrected chi connectivity index (χ4v) is 2.20. The Morgan fingerprint density at radius 2 is 2.26 bits per heavy atom. The summed E-state index contributed by atoms with van der Waals surface area (Å²) in [6.07, 6.45) is 4.23. The number of carbonyl (C=O) groups excluding carboxylic acids is 1. The fourth-order valence-electron chi connectivity index (χ4n) is 2.20. The largest absolute Gasteiger partial charge is 0.335 e. The molecule has 0 atom stereocenters. The maximum Gasteiger partial charge on any atom is 0.322 e. The molecule has 0 radical (unpaired) electrons. The Morgan fingerprint density at radius 1 is 1.47 bits per heavy atom. The van der Waals surface area contributed by atoms with Crippen LogP contribution in [-0.2, 0) is 0 Å². The summed E-state index contributed by atoms with van der Waals surface area (Å²) in [7, 11) is 0. The second-order valence-corrected chi connectivity index (χ2v) is 5.21. The van der Waals surface area contributed by atoms with Crippen LogP contribution in [0.2, 0.25) is 0 Å². The van der Waals surface area contributed by atoms with Crippen molar-refractivity contribution in [3.8, 4) is 0 Å². The van der Waals surface area contributed by atoms with Crippen LogP contribution in [-0.4, -0.2) is 25.2 Å². The van der Waals surface area contributed by atoms with E-state index in [0.29, 0.717) is 19.1 Å². The summed E-state index contributed by atoms with van der Waals surface area (Å²) >= 11 is 0. The van der Waals surface area contributed by atoms with Gasteiger partial charge in [-0.15, -0.1) is 0 Å². The molecule has 4 heteroatoms. The Kier molecular flexibility index (Phi) is 4.80. The normalized spacial score (nSPS) is 14.8. The van der Waals surface area contributed by atoms with Gasteiger partial charge in [0.05, 0.1) is 0 Å². The van der Waals surface area contributed by atoms with Gasteiger partial charge in [0.1, 0.15) is 0 Å². The minimum atomic E-state index is 0.00347. The number of nitrogens with zero attached hydrogens (tertiary/aromatic N) is 1. The highest BCUT2D eigenvalue weighted by atomic mass is 16.2. The van der Waals surface area contributed by atoms with Crippen molar-refractivity contribution < 1.29 is 4.79 Å². The molecular formula is C15H23N3O. The van der Waals surface area contributed by atoms with E-state index in [1.165, 1.54) is 6.42 Å². The quantitative estimate of drug-likeness (QED) is 0.855. The van der Waals surface area contributed by atoms with Crippen LogP contribution in [0.25, 0.3) is 0 Å². The first-order valence-corrected chi connectivity index (χ1v) is 7.05. The standard InChI is InChI=1S/C15H23N3O/c1-12-5-2-8-14(11-12)18(10-4-9-16)15(19)17-13-6-3-7-13/h2,5,8,11,13H,3-4,6-7,9-10,16H2,1H3,(H,17,19). The third kappa shape index (κ3) is 3.70. The third-order valence-electron chi connectivity index (χ3n) is 3.58. The number of urea groups is 1. The summed E-state index contributed by atoms with van der Waals surface area (Å²) in [6, 6.07) is 8.40. The molecule has 2 amide bonds. The van der Waals surface area contributed by atoms with Crippen molar-refractivity contribution >= 4 is 11.7 Å². The highest BCUT2D eigenvalue weighted by molar-refractivity contribution is 5.92. The molecule has 0 unspecified atom stereocenters. The molecule has 0 saturated heterocycles. The minimum Gasteiger partial charge on any atom is -0.335 e. The van der Waals surface area contributed by atoms with Gasteiger partial charge in [-0.25, -0.2) is 4.79 Å². The molecule has 0 spiro atoms. The SMILES string of the molecule is Cc1cccc(N(CCCN)C(=O)NC2CCC2)c1. The van der Waals surface area contributed by atoms with E-state index in [1.54, 1.807) is 4.90 Å². The molecule has 0 heterocycles. The summed E-state index contributed by atoms with van der Waals surface area (Å²) in [6.45, 7) is 3.30. The topological polar surface area (TPSA) is 58.4 Å². The van der Waals surface area contributed by atoms with Crippen molar-refractivity contribution in [1.29, 1.82) is 0 Å². The van der Waals surface area contributed by atoms with Gasteiger partial charge in [-0.05, 0) is 56.8 Å². The van der Waals surface area contributed by atoms with Crippen LogP contribution in [0, 0.1) is 6.92 Å². The molecule has 4 nitrogen and oxygen atoms in total. The Balaban J connectivity index is 2.07. The van der Waals surface area contributed by atoms with Gasteiger partial charge in [-0.1, -0.05) is 12.1 Å². The molecule has 19 heavy (non-hydrogen) atoms. The first kappa shape index (κ1) is 13.9. The fraction of sp³-hybridized carbons (Fsp3) is 0.533. The maximum absolute atomic E-state index is 12.3. The van der Waals surface area contributed by atoms with E-state index >= 15 is 0 Å². The second kappa shape index (κ2) is 6.57. The van der Waals surface area contributed by atoms with Crippen molar-refractivity contribution in [3.63, 3.8) is 0 Å². The first-order valence-electron chi connectivity index (χ1n) is 7.05. The molecule has 0 aromatic heterocycles. The molecule has 1 fully saturated rings. The number of amides is 2. The lowest BCUT2D eigenvalue weighted by molar-refractivity contribution is 0.234. The van der Waals surface area contributed by atoms with Crippen molar-refractivity contribution in [2.75, 3.05) is 18.0 Å². The number of carbonyl (C=O) groups is 1. The number of benzene rings is 1. The van der Waals surface area contributed by atoms with Crippen molar-refractivity contribution in [2.45, 2.75) is 38.6 Å². The number of hydrogen-bond donors (Lipinski definition) is 2. The molecule has 2 rings (SSSR count). The number of nitrogens with two attached hydrogens (primary N) is 1. The lowest BCUT2D eigenvalue weighted by Crippen LogP contribution is -2.48. The van der Waals surface area contributed by atoms with Crippen LogP contribution >= 0.6 is 0 Å². The smallest absolute Gasteiger partial charge is 0.322 e. The van der Waals surface area contributed by atoms with E-state index < -0.39 is 0 Å². The molecule has 1 aliphatic rings. The van der Waals surface area contributed by atoms with E-state index in [1.807, 2.05) is 31.2 Å². The number of nitrogens with one attached hydrogen (secondary N) is 1. The van der Waals surface area contributed by atoms with E-state index in [9.17, 15) is 4.79 Å². The van der Waals surface area contributed by atoms with Crippen molar-refractivity contribution in [2.24, 2.45) is 5.73 Å². The molecule has 3 N–H and O–H groups in total. The molecular weight excluding hydrogens is 238 g/mol. The molecule has 0 aliphatic heterocycles. The molecule has 0 bridgehead atoms. The van der Waals surface area contributed by atoms with E-state index in [4.69, 9.17) is 5.73 Å². The van der Waals surface area contributed by atoms with Crippen molar-refractivity contribution in [1.82, 2.24) is 5.32 Å². The zero-order valence-corrected chi connectivity index (χ0v) is 11.6. The number of anilines is 1. The Hall–Kier alpha value is -1.55. The summed E-state index contributed by atoms with van der Waals surface area (Å²) in [4.78, 5) is 14.1. The van der Waals surface area contributed by atoms with Crippen LogP contribution in [0.5, 0.6) is 0 Å². The third-order valence-corrected chi connectivity index (χ3v) is 3.58. The predicted octanol–water partition coefficient (Wildman–Crippen LogP) is 2.41. The lowest BCUT2D eigenvalue weighted by atomic mass is 9.93. The highest BCUT2D eigenvalue weighted by Crippen LogP contribution is 2.20. The van der Waals surface area contributed by atoms with Gasteiger partial charge in [-0.2, -0.15) is 0 Å². The summed E-state index contributed by atoms with van der Waals surface area (Å²) in [5.74, 6) is 0.